The smallest absolute Gasteiger partial charge is 0.336 e. The van der Waals surface area contributed by atoms with E-state index in [0.29, 0.717) is 10.8 Å². The summed E-state index contributed by atoms with van der Waals surface area (Å²) in [5.41, 5.74) is -0.306. The van der Waals surface area contributed by atoms with Gasteiger partial charge in [-0.15, -0.1) is 11.8 Å². The molecule has 0 radical (unpaired) electrons. The Labute approximate surface area is 170 Å². The number of benzene rings is 2. The van der Waals surface area contributed by atoms with Gasteiger partial charge in [-0.2, -0.15) is 13.2 Å². The van der Waals surface area contributed by atoms with E-state index in [4.69, 9.17) is 11.6 Å². The number of alkyl halides is 3. The van der Waals surface area contributed by atoms with Crippen LogP contribution in [0.3, 0.4) is 0 Å². The highest BCUT2D eigenvalue weighted by Crippen LogP contribution is 2.34. The first-order chi connectivity index (χ1) is 13.2. The highest BCUT2D eigenvalue weighted by molar-refractivity contribution is 7.99. The molecule has 9 heteroatoms. The third kappa shape index (κ3) is 6.76. The van der Waals surface area contributed by atoms with E-state index in [1.165, 1.54) is 41.9 Å². The van der Waals surface area contributed by atoms with E-state index in [2.05, 4.69) is 5.32 Å². The van der Waals surface area contributed by atoms with Gasteiger partial charge >= 0.3 is 6.18 Å². The van der Waals surface area contributed by atoms with E-state index in [-0.39, 0.29) is 23.9 Å². The van der Waals surface area contributed by atoms with Crippen molar-refractivity contribution in [3.8, 4) is 0 Å². The van der Waals surface area contributed by atoms with Crippen molar-refractivity contribution in [3.05, 3.63) is 64.7 Å². The van der Waals surface area contributed by atoms with Gasteiger partial charge in [-0.05, 0) is 29.8 Å². The van der Waals surface area contributed by atoms with E-state index < -0.39 is 17.6 Å². The highest BCUT2D eigenvalue weighted by atomic mass is 35.5. The largest absolute Gasteiger partial charge is 0.418 e. The first-order valence-corrected chi connectivity index (χ1v) is 9.72. The van der Waals surface area contributed by atoms with Crippen molar-refractivity contribution >= 4 is 40.9 Å². The van der Waals surface area contributed by atoms with Gasteiger partial charge in [0.05, 0.1) is 23.5 Å². The average Bonchev–Trinajstić information content (AvgIpc) is 2.61. The van der Waals surface area contributed by atoms with Gasteiger partial charge < -0.3 is 10.2 Å². The maximum absolute atomic E-state index is 13.0. The zero-order valence-corrected chi connectivity index (χ0v) is 16.5. The van der Waals surface area contributed by atoms with E-state index >= 15 is 0 Å². The topological polar surface area (TPSA) is 49.4 Å². The molecule has 2 aromatic rings. The number of amides is 2. The van der Waals surface area contributed by atoms with E-state index in [0.717, 1.165) is 11.6 Å². The summed E-state index contributed by atoms with van der Waals surface area (Å²) in [6, 6.07) is 11.9. The minimum atomic E-state index is -4.58. The van der Waals surface area contributed by atoms with Gasteiger partial charge in [0.15, 0.2) is 0 Å². The maximum atomic E-state index is 13.0. The molecule has 1 N–H and O–H groups in total. The molecule has 0 bridgehead atoms. The molecule has 0 aromatic heterocycles. The van der Waals surface area contributed by atoms with E-state index in [1.807, 2.05) is 12.1 Å². The number of carbonyl (C=O) groups is 2. The molecule has 4 nitrogen and oxygen atoms in total. The monoisotopic (exact) mass is 430 g/mol. The van der Waals surface area contributed by atoms with Crippen LogP contribution in [0.5, 0.6) is 0 Å². The summed E-state index contributed by atoms with van der Waals surface area (Å²) in [6.45, 7) is -0.344. The Bertz CT molecular complexity index is 846. The summed E-state index contributed by atoms with van der Waals surface area (Å²) in [7, 11) is 1.43. The Kier molecular flexibility index (Phi) is 7.77. The first-order valence-electron chi connectivity index (χ1n) is 8.19. The third-order valence-corrected chi connectivity index (χ3v) is 4.92. The van der Waals surface area contributed by atoms with Crippen LogP contribution >= 0.6 is 23.4 Å². The zero-order valence-electron chi connectivity index (χ0n) is 14.9. The van der Waals surface area contributed by atoms with Crippen LogP contribution in [0.1, 0.15) is 11.1 Å². The van der Waals surface area contributed by atoms with Gasteiger partial charge in [0, 0.05) is 17.8 Å². The molecule has 28 heavy (non-hydrogen) atoms. The molecule has 2 rings (SSSR count). The second kappa shape index (κ2) is 9.84. The molecule has 0 aliphatic heterocycles. The summed E-state index contributed by atoms with van der Waals surface area (Å²) >= 11 is 7.26. The van der Waals surface area contributed by atoms with Crippen molar-refractivity contribution in [1.82, 2.24) is 4.90 Å². The molecule has 0 unspecified atom stereocenters. The summed E-state index contributed by atoms with van der Waals surface area (Å²) in [5.74, 6) is -0.292. The lowest BCUT2D eigenvalue weighted by atomic mass is 10.1. The Morgan fingerprint density at radius 1 is 1.14 bits per heavy atom. The van der Waals surface area contributed by atoms with Gasteiger partial charge in [-0.25, -0.2) is 0 Å². The predicted octanol–water partition coefficient (Wildman–Crippen LogP) is 4.69. The number of para-hydroxylation sites is 1. The summed E-state index contributed by atoms with van der Waals surface area (Å²) in [5, 5.41) is 2.83. The van der Waals surface area contributed by atoms with Crippen LogP contribution in [-0.2, 0) is 21.5 Å². The minimum absolute atomic E-state index is 0.134. The molecular formula is C19H18ClF3N2O2S. The second-order valence-corrected chi connectivity index (χ2v) is 7.39. The van der Waals surface area contributed by atoms with Crippen molar-refractivity contribution < 1.29 is 22.8 Å². The van der Waals surface area contributed by atoms with Crippen LogP contribution in [-0.4, -0.2) is 36.1 Å². The number of thioether (sulfide) groups is 1. The molecule has 0 aliphatic rings. The standard InChI is InChI=1S/C19H18ClF3N2O2S/c1-25(18(27)12-28-11-13-5-4-6-14(20)9-13)10-17(26)24-16-8-3-2-7-15(16)19(21,22)23/h2-9H,10-12H2,1H3,(H,24,26). The number of nitrogens with one attached hydrogen (secondary N) is 1. The van der Waals surface area contributed by atoms with Crippen LogP contribution in [0.2, 0.25) is 5.02 Å². The SMILES string of the molecule is CN(CC(=O)Nc1ccccc1C(F)(F)F)C(=O)CSCc1cccc(Cl)c1. The lowest BCUT2D eigenvalue weighted by Crippen LogP contribution is -2.36. The van der Waals surface area contributed by atoms with Crippen LogP contribution in [0.4, 0.5) is 18.9 Å². The van der Waals surface area contributed by atoms with E-state index in [1.54, 1.807) is 12.1 Å². The molecule has 150 valence electrons. The zero-order chi connectivity index (χ0) is 20.7. The summed E-state index contributed by atoms with van der Waals surface area (Å²) < 4.78 is 38.9. The Morgan fingerprint density at radius 3 is 2.54 bits per heavy atom. The lowest BCUT2D eigenvalue weighted by Gasteiger charge is -2.18. The molecule has 0 saturated carbocycles. The number of anilines is 1. The molecule has 2 aromatic carbocycles. The fraction of sp³-hybridized carbons (Fsp3) is 0.263. The number of rotatable bonds is 7. The number of carbonyl (C=O) groups excluding carboxylic acids is 2. The number of likely N-dealkylation sites (N-methyl/N-ethyl adjacent to an activating group) is 1. The maximum Gasteiger partial charge on any atom is 0.418 e. The van der Waals surface area contributed by atoms with Gasteiger partial charge in [0.25, 0.3) is 0 Å². The van der Waals surface area contributed by atoms with Crippen LogP contribution in [0.25, 0.3) is 0 Å². The molecule has 2 amide bonds. The molecule has 0 spiro atoms. The van der Waals surface area contributed by atoms with Crippen molar-refractivity contribution in [3.63, 3.8) is 0 Å². The summed E-state index contributed by atoms with van der Waals surface area (Å²) in [4.78, 5) is 25.4. The molecule has 0 aliphatic carbocycles. The van der Waals surface area contributed by atoms with Crippen LogP contribution < -0.4 is 5.32 Å². The molecule has 0 fully saturated rings. The Hall–Kier alpha value is -2.19. The van der Waals surface area contributed by atoms with Crippen LogP contribution in [0.15, 0.2) is 48.5 Å². The second-order valence-electron chi connectivity index (χ2n) is 5.96. The predicted molar refractivity (Wildman–Crippen MR) is 105 cm³/mol. The average molecular weight is 431 g/mol. The number of halogens is 4. The fourth-order valence-corrected chi connectivity index (χ4v) is 3.45. The molecule has 0 atom stereocenters. The van der Waals surface area contributed by atoms with Crippen molar-refractivity contribution in [2.24, 2.45) is 0 Å². The number of hydrogen-bond acceptors (Lipinski definition) is 3. The van der Waals surface area contributed by atoms with Crippen LogP contribution in [0, 0.1) is 0 Å². The van der Waals surface area contributed by atoms with Gasteiger partial charge in [-0.1, -0.05) is 35.9 Å². The van der Waals surface area contributed by atoms with Crippen molar-refractivity contribution in [2.45, 2.75) is 11.9 Å². The Balaban J connectivity index is 1.84. The fourth-order valence-electron chi connectivity index (χ4n) is 2.33. The number of nitrogens with zero attached hydrogens (tertiary/aromatic N) is 1. The van der Waals surface area contributed by atoms with Gasteiger partial charge in [0.1, 0.15) is 0 Å². The molecule has 0 saturated heterocycles. The van der Waals surface area contributed by atoms with Crippen molar-refractivity contribution in [1.29, 1.82) is 0 Å². The van der Waals surface area contributed by atoms with Crippen molar-refractivity contribution in [2.75, 3.05) is 24.7 Å². The third-order valence-electron chi connectivity index (χ3n) is 3.70. The van der Waals surface area contributed by atoms with Gasteiger partial charge in [0.2, 0.25) is 11.8 Å². The van der Waals surface area contributed by atoms with Gasteiger partial charge in [-0.3, -0.25) is 9.59 Å². The number of hydrogen-bond donors (Lipinski definition) is 1. The summed E-state index contributed by atoms with van der Waals surface area (Å²) in [6.07, 6.45) is -4.58. The molecule has 0 heterocycles. The normalized spacial score (nSPS) is 11.2. The quantitative estimate of drug-likeness (QED) is 0.693. The lowest BCUT2D eigenvalue weighted by molar-refractivity contribution is -0.137. The minimum Gasteiger partial charge on any atom is -0.336 e. The molecular weight excluding hydrogens is 413 g/mol. The highest BCUT2D eigenvalue weighted by Gasteiger charge is 2.33. The Morgan fingerprint density at radius 2 is 1.86 bits per heavy atom. The first kappa shape index (κ1) is 22.1. The van der Waals surface area contributed by atoms with E-state index in [9.17, 15) is 22.8 Å².